The maximum atomic E-state index is 13.5. The van der Waals surface area contributed by atoms with Crippen LogP contribution in [0.3, 0.4) is 0 Å². The number of carbonyl (C=O) groups is 2. The first-order valence-electron chi connectivity index (χ1n) is 9.70. The molecule has 158 valence electrons. The van der Waals surface area contributed by atoms with Crippen LogP contribution in [0.5, 0.6) is 0 Å². The molecule has 30 heavy (non-hydrogen) atoms. The molecule has 2 amide bonds. The van der Waals surface area contributed by atoms with Crippen LogP contribution in [0.2, 0.25) is 5.02 Å². The van der Waals surface area contributed by atoms with Gasteiger partial charge in [-0.15, -0.1) is 0 Å². The van der Waals surface area contributed by atoms with Gasteiger partial charge in [0, 0.05) is 32.3 Å². The summed E-state index contributed by atoms with van der Waals surface area (Å²) in [5, 5.41) is 0.517. The van der Waals surface area contributed by atoms with E-state index in [-0.39, 0.29) is 18.4 Å². The Bertz CT molecular complexity index is 922. The number of methoxy groups -OCH3 is 2. The van der Waals surface area contributed by atoms with E-state index >= 15 is 0 Å². The Labute approximate surface area is 181 Å². The average molecular weight is 429 g/mol. The predicted molar refractivity (Wildman–Crippen MR) is 116 cm³/mol. The van der Waals surface area contributed by atoms with Crippen molar-refractivity contribution < 1.29 is 19.1 Å². The molecule has 0 saturated carbocycles. The molecule has 6 nitrogen and oxygen atoms in total. The van der Waals surface area contributed by atoms with Crippen LogP contribution in [-0.4, -0.2) is 62.1 Å². The number of nitrogens with zero attached hydrogens (tertiary/aromatic N) is 2. The van der Waals surface area contributed by atoms with Crippen LogP contribution in [0.4, 0.5) is 0 Å². The second-order valence-electron chi connectivity index (χ2n) is 6.85. The van der Waals surface area contributed by atoms with Crippen molar-refractivity contribution in [2.75, 3.05) is 40.5 Å². The molecule has 0 atom stereocenters. The highest BCUT2D eigenvalue weighted by atomic mass is 35.5. The molecule has 3 rings (SSSR count). The summed E-state index contributed by atoms with van der Waals surface area (Å²) in [6, 6.07) is 16.5. The first-order chi connectivity index (χ1) is 14.6. The summed E-state index contributed by atoms with van der Waals surface area (Å²) in [5.41, 5.74) is 2.18. The molecule has 7 heteroatoms. The van der Waals surface area contributed by atoms with Gasteiger partial charge in [0.1, 0.15) is 5.70 Å². The van der Waals surface area contributed by atoms with E-state index in [1.165, 1.54) is 4.90 Å². The van der Waals surface area contributed by atoms with Gasteiger partial charge in [-0.3, -0.25) is 14.5 Å². The maximum absolute atomic E-state index is 13.5. The third-order valence-corrected chi connectivity index (χ3v) is 5.31. The van der Waals surface area contributed by atoms with Crippen LogP contribution >= 0.6 is 11.6 Å². The van der Waals surface area contributed by atoms with Crippen LogP contribution in [-0.2, 0) is 25.6 Å². The SMILES string of the molecule is COCCN(CCOC)C1=C(c2ccccc2)C(=O)N(Cc2ccccc2Cl)C1=O. The van der Waals surface area contributed by atoms with E-state index in [1.54, 1.807) is 20.3 Å². The molecular formula is C23H25ClN2O4. The van der Waals surface area contributed by atoms with Crippen molar-refractivity contribution in [2.24, 2.45) is 0 Å². The molecule has 1 aliphatic rings. The van der Waals surface area contributed by atoms with Crippen molar-refractivity contribution in [3.63, 3.8) is 0 Å². The minimum absolute atomic E-state index is 0.111. The smallest absolute Gasteiger partial charge is 0.278 e. The standard InChI is InChI=1S/C23H25ClN2O4/c1-29-14-12-25(13-15-30-2)21-20(17-8-4-3-5-9-17)22(27)26(23(21)28)16-18-10-6-7-11-19(18)24/h3-11H,12-16H2,1-2H3. The van der Waals surface area contributed by atoms with Crippen molar-refractivity contribution >= 4 is 29.0 Å². The number of hydrogen-bond donors (Lipinski definition) is 0. The average Bonchev–Trinajstić information content (AvgIpc) is 3.01. The lowest BCUT2D eigenvalue weighted by molar-refractivity contribution is -0.138. The Hall–Kier alpha value is -2.67. The Morgan fingerprint density at radius 1 is 0.867 bits per heavy atom. The van der Waals surface area contributed by atoms with Crippen molar-refractivity contribution in [1.82, 2.24) is 9.80 Å². The van der Waals surface area contributed by atoms with Crippen LogP contribution in [0.1, 0.15) is 11.1 Å². The van der Waals surface area contributed by atoms with Gasteiger partial charge in [0.25, 0.3) is 11.8 Å². The number of halogens is 1. The minimum Gasteiger partial charge on any atom is -0.383 e. The lowest BCUT2D eigenvalue weighted by atomic mass is 10.0. The van der Waals surface area contributed by atoms with Gasteiger partial charge in [-0.1, -0.05) is 60.1 Å². The summed E-state index contributed by atoms with van der Waals surface area (Å²) in [6.07, 6.45) is 0. The third kappa shape index (κ3) is 4.73. The summed E-state index contributed by atoms with van der Waals surface area (Å²) in [5.74, 6) is -0.674. The Morgan fingerprint density at radius 2 is 1.47 bits per heavy atom. The zero-order valence-corrected chi connectivity index (χ0v) is 17.9. The molecular weight excluding hydrogens is 404 g/mol. The van der Waals surface area contributed by atoms with E-state index in [2.05, 4.69) is 0 Å². The molecule has 0 aromatic heterocycles. The Kier molecular flexibility index (Phi) is 7.63. The summed E-state index contributed by atoms with van der Waals surface area (Å²) in [6.45, 7) is 1.87. The lowest BCUT2D eigenvalue weighted by Gasteiger charge is -2.25. The molecule has 2 aromatic rings. The van der Waals surface area contributed by atoms with Crippen molar-refractivity contribution in [3.8, 4) is 0 Å². The highest BCUT2D eigenvalue weighted by Gasteiger charge is 2.41. The Morgan fingerprint density at radius 3 is 2.07 bits per heavy atom. The monoisotopic (exact) mass is 428 g/mol. The maximum Gasteiger partial charge on any atom is 0.278 e. The van der Waals surface area contributed by atoms with E-state index in [0.29, 0.717) is 48.2 Å². The number of benzene rings is 2. The first kappa shape index (κ1) is 22.0. The summed E-state index contributed by atoms with van der Waals surface area (Å²) >= 11 is 6.28. The molecule has 1 heterocycles. The predicted octanol–water partition coefficient (Wildman–Crippen LogP) is 3.21. The van der Waals surface area contributed by atoms with Crippen LogP contribution in [0.15, 0.2) is 60.3 Å². The molecule has 0 N–H and O–H groups in total. The molecule has 0 saturated heterocycles. The fraction of sp³-hybridized carbons (Fsp3) is 0.304. The van der Waals surface area contributed by atoms with Gasteiger partial charge in [-0.25, -0.2) is 0 Å². The van der Waals surface area contributed by atoms with Gasteiger partial charge in [0.05, 0.1) is 25.3 Å². The van der Waals surface area contributed by atoms with E-state index in [0.717, 1.165) is 5.56 Å². The summed E-state index contributed by atoms with van der Waals surface area (Å²) < 4.78 is 10.4. The number of rotatable bonds is 10. The zero-order valence-electron chi connectivity index (χ0n) is 17.1. The third-order valence-electron chi connectivity index (χ3n) is 4.94. The van der Waals surface area contributed by atoms with Crippen molar-refractivity contribution in [2.45, 2.75) is 6.54 Å². The van der Waals surface area contributed by atoms with Crippen molar-refractivity contribution in [1.29, 1.82) is 0 Å². The quantitative estimate of drug-likeness (QED) is 0.544. The minimum atomic E-state index is -0.342. The van der Waals surface area contributed by atoms with Gasteiger partial charge in [0.15, 0.2) is 0 Å². The molecule has 0 bridgehead atoms. The summed E-state index contributed by atoms with van der Waals surface area (Å²) in [4.78, 5) is 30.0. The zero-order chi connectivity index (χ0) is 21.5. The van der Waals surface area contributed by atoms with Gasteiger partial charge in [-0.2, -0.15) is 0 Å². The van der Waals surface area contributed by atoms with Gasteiger partial charge >= 0.3 is 0 Å². The highest BCUT2D eigenvalue weighted by Crippen LogP contribution is 2.33. The molecule has 0 aliphatic carbocycles. The highest BCUT2D eigenvalue weighted by molar-refractivity contribution is 6.35. The fourth-order valence-corrected chi connectivity index (χ4v) is 3.60. The molecule has 0 spiro atoms. The van der Waals surface area contributed by atoms with Crippen LogP contribution in [0.25, 0.3) is 5.57 Å². The van der Waals surface area contributed by atoms with E-state index in [1.807, 2.05) is 53.4 Å². The second kappa shape index (κ2) is 10.4. The van der Waals surface area contributed by atoms with E-state index < -0.39 is 0 Å². The number of carbonyl (C=O) groups excluding carboxylic acids is 2. The molecule has 0 fully saturated rings. The molecule has 0 radical (unpaired) electrons. The van der Waals surface area contributed by atoms with Crippen LogP contribution in [0, 0.1) is 0 Å². The molecule has 2 aromatic carbocycles. The van der Waals surface area contributed by atoms with E-state index in [9.17, 15) is 9.59 Å². The largest absolute Gasteiger partial charge is 0.383 e. The van der Waals surface area contributed by atoms with Crippen LogP contribution < -0.4 is 0 Å². The van der Waals surface area contributed by atoms with Crippen molar-refractivity contribution in [3.05, 3.63) is 76.4 Å². The summed E-state index contributed by atoms with van der Waals surface area (Å²) in [7, 11) is 3.21. The first-order valence-corrected chi connectivity index (χ1v) is 10.1. The van der Waals surface area contributed by atoms with Gasteiger partial charge in [-0.05, 0) is 17.2 Å². The number of imide groups is 1. The fourth-order valence-electron chi connectivity index (χ4n) is 3.40. The van der Waals surface area contributed by atoms with Gasteiger partial charge in [0.2, 0.25) is 0 Å². The Balaban J connectivity index is 2.03. The second-order valence-corrected chi connectivity index (χ2v) is 7.26. The molecule has 0 unspecified atom stereocenters. The van der Waals surface area contributed by atoms with Gasteiger partial charge < -0.3 is 14.4 Å². The molecule has 1 aliphatic heterocycles. The van der Waals surface area contributed by atoms with E-state index in [4.69, 9.17) is 21.1 Å². The lowest BCUT2D eigenvalue weighted by Crippen LogP contribution is -2.37. The number of hydrogen-bond acceptors (Lipinski definition) is 5. The number of amides is 2. The topological polar surface area (TPSA) is 59.1 Å². The normalized spacial score (nSPS) is 14.0. The number of ether oxygens (including phenoxy) is 2.